The number of halogens is 1. The van der Waals surface area contributed by atoms with Crippen molar-refractivity contribution < 1.29 is 5.11 Å². The Bertz CT molecular complexity index is 564. The molecule has 0 radical (unpaired) electrons. The maximum Gasteiger partial charge on any atom is 0.199 e. The summed E-state index contributed by atoms with van der Waals surface area (Å²) in [4.78, 5) is 0. The van der Waals surface area contributed by atoms with Crippen molar-refractivity contribution in [3.05, 3.63) is 39.9 Å². The van der Waals surface area contributed by atoms with Crippen LogP contribution >= 0.6 is 23.8 Å². The fourth-order valence-electron chi connectivity index (χ4n) is 1.62. The summed E-state index contributed by atoms with van der Waals surface area (Å²) >= 11 is 11.1. The first-order valence-corrected chi connectivity index (χ1v) is 6.04. The van der Waals surface area contributed by atoms with Crippen LogP contribution in [0.5, 0.6) is 0 Å². The number of aromatic nitrogens is 3. The Morgan fingerprint density at radius 3 is 3.00 bits per heavy atom. The first-order valence-electron chi connectivity index (χ1n) is 5.25. The topological polar surface area (TPSA) is 53.8 Å². The van der Waals surface area contributed by atoms with Crippen LogP contribution in [0.4, 0.5) is 0 Å². The minimum Gasteiger partial charge on any atom is -0.396 e. The Kier molecular flexibility index (Phi) is 3.93. The van der Waals surface area contributed by atoms with E-state index in [4.69, 9.17) is 28.9 Å². The van der Waals surface area contributed by atoms with Gasteiger partial charge in [-0.25, -0.2) is 0 Å². The van der Waals surface area contributed by atoms with Crippen LogP contribution in [0.2, 0.25) is 5.02 Å². The van der Waals surface area contributed by atoms with Gasteiger partial charge in [-0.05, 0) is 36.8 Å². The smallest absolute Gasteiger partial charge is 0.199 e. The number of benzene rings is 1. The van der Waals surface area contributed by atoms with E-state index in [1.807, 2.05) is 28.8 Å². The van der Waals surface area contributed by atoms with Crippen LogP contribution in [0.15, 0.2) is 24.3 Å². The van der Waals surface area contributed by atoms with Crippen molar-refractivity contribution in [2.24, 2.45) is 0 Å². The molecule has 0 saturated heterocycles. The Labute approximate surface area is 109 Å². The highest BCUT2D eigenvalue weighted by Crippen LogP contribution is 2.17. The molecule has 1 aromatic carbocycles. The summed E-state index contributed by atoms with van der Waals surface area (Å²) in [6.45, 7) is 0.134. The normalized spacial score (nSPS) is 10.7. The predicted molar refractivity (Wildman–Crippen MR) is 69.2 cm³/mol. The van der Waals surface area contributed by atoms with E-state index in [0.29, 0.717) is 22.6 Å². The highest BCUT2D eigenvalue weighted by Gasteiger charge is 2.08. The molecule has 0 aliphatic carbocycles. The monoisotopic (exact) mass is 269 g/mol. The number of hydrogen-bond acceptors (Lipinski definition) is 3. The number of aliphatic hydroxyl groups excluding tert-OH is 1. The molecule has 1 heterocycles. The van der Waals surface area contributed by atoms with Crippen LogP contribution in [-0.2, 0) is 6.42 Å². The van der Waals surface area contributed by atoms with E-state index < -0.39 is 0 Å². The Morgan fingerprint density at radius 2 is 2.29 bits per heavy atom. The van der Waals surface area contributed by atoms with E-state index in [9.17, 15) is 0 Å². The zero-order valence-corrected chi connectivity index (χ0v) is 10.6. The quantitative estimate of drug-likeness (QED) is 0.839. The van der Waals surface area contributed by atoms with Gasteiger partial charge >= 0.3 is 0 Å². The minimum atomic E-state index is 0.134. The van der Waals surface area contributed by atoms with Crippen molar-refractivity contribution in [3.8, 4) is 5.69 Å². The lowest BCUT2D eigenvalue weighted by molar-refractivity contribution is 0.287. The molecule has 17 heavy (non-hydrogen) atoms. The van der Waals surface area contributed by atoms with Gasteiger partial charge in [0.2, 0.25) is 0 Å². The molecule has 90 valence electrons. The lowest BCUT2D eigenvalue weighted by Gasteiger charge is -2.06. The summed E-state index contributed by atoms with van der Waals surface area (Å²) in [7, 11) is 0. The maximum absolute atomic E-state index is 8.85. The van der Waals surface area contributed by atoms with Crippen LogP contribution in [-0.4, -0.2) is 26.5 Å². The van der Waals surface area contributed by atoms with E-state index >= 15 is 0 Å². The standard InChI is InChI=1S/C11H12ClN3OS/c12-8-3-1-4-9(7-8)15-10(5-2-6-16)13-14-11(15)17/h1,3-4,7,16H,2,5-6H2,(H,14,17). The van der Waals surface area contributed by atoms with Crippen molar-refractivity contribution in [1.82, 2.24) is 14.8 Å². The van der Waals surface area contributed by atoms with Crippen LogP contribution in [0.1, 0.15) is 12.2 Å². The fraction of sp³-hybridized carbons (Fsp3) is 0.273. The molecule has 2 aromatic rings. The number of nitrogens with zero attached hydrogens (tertiary/aromatic N) is 2. The average Bonchev–Trinajstić information content (AvgIpc) is 2.68. The zero-order valence-electron chi connectivity index (χ0n) is 9.06. The SMILES string of the molecule is OCCCc1n[nH]c(=S)n1-c1cccc(Cl)c1. The number of H-pyrrole nitrogens is 1. The van der Waals surface area contributed by atoms with Gasteiger partial charge in [0.25, 0.3) is 0 Å². The largest absolute Gasteiger partial charge is 0.396 e. The molecule has 6 heteroatoms. The van der Waals surface area contributed by atoms with Gasteiger partial charge in [-0.3, -0.25) is 9.67 Å². The average molecular weight is 270 g/mol. The van der Waals surface area contributed by atoms with E-state index in [-0.39, 0.29) is 6.61 Å². The molecule has 1 aromatic heterocycles. The third-order valence-corrected chi connectivity index (χ3v) is 2.88. The lowest BCUT2D eigenvalue weighted by Crippen LogP contribution is -2.02. The summed E-state index contributed by atoms with van der Waals surface area (Å²) in [5, 5.41) is 16.4. The number of aromatic amines is 1. The summed E-state index contributed by atoms with van der Waals surface area (Å²) in [5.41, 5.74) is 0.879. The first kappa shape index (κ1) is 12.3. The molecule has 0 aliphatic heterocycles. The second-order valence-corrected chi connectivity index (χ2v) is 4.41. The zero-order chi connectivity index (χ0) is 12.3. The highest BCUT2D eigenvalue weighted by atomic mass is 35.5. The van der Waals surface area contributed by atoms with Crippen LogP contribution in [0, 0.1) is 4.77 Å². The van der Waals surface area contributed by atoms with Crippen LogP contribution in [0.3, 0.4) is 0 Å². The maximum atomic E-state index is 8.85. The number of aryl methyl sites for hydroxylation is 1. The Balaban J connectivity index is 2.43. The van der Waals surface area contributed by atoms with Crippen molar-refractivity contribution in [2.45, 2.75) is 12.8 Å². The number of rotatable bonds is 4. The number of hydrogen-bond donors (Lipinski definition) is 2. The fourth-order valence-corrected chi connectivity index (χ4v) is 2.06. The second kappa shape index (κ2) is 5.44. The van der Waals surface area contributed by atoms with Gasteiger partial charge in [0, 0.05) is 18.1 Å². The van der Waals surface area contributed by atoms with E-state index in [1.165, 1.54) is 0 Å². The van der Waals surface area contributed by atoms with Crippen molar-refractivity contribution in [3.63, 3.8) is 0 Å². The van der Waals surface area contributed by atoms with E-state index in [2.05, 4.69) is 10.2 Å². The van der Waals surface area contributed by atoms with Crippen LogP contribution in [0.25, 0.3) is 5.69 Å². The third-order valence-electron chi connectivity index (χ3n) is 2.37. The van der Waals surface area contributed by atoms with Gasteiger partial charge in [-0.1, -0.05) is 17.7 Å². The van der Waals surface area contributed by atoms with Crippen LogP contribution < -0.4 is 0 Å². The molecule has 0 atom stereocenters. The van der Waals surface area contributed by atoms with Gasteiger partial charge in [0.05, 0.1) is 5.69 Å². The molecule has 0 unspecified atom stereocenters. The number of nitrogens with one attached hydrogen (secondary N) is 1. The molecule has 2 N–H and O–H groups in total. The molecule has 0 bridgehead atoms. The van der Waals surface area contributed by atoms with Gasteiger partial charge in [-0.15, -0.1) is 0 Å². The molecular weight excluding hydrogens is 258 g/mol. The molecule has 0 aliphatic rings. The molecule has 0 spiro atoms. The highest BCUT2D eigenvalue weighted by molar-refractivity contribution is 7.71. The molecule has 0 amide bonds. The summed E-state index contributed by atoms with van der Waals surface area (Å²) in [6.07, 6.45) is 1.32. The van der Waals surface area contributed by atoms with Gasteiger partial charge in [-0.2, -0.15) is 5.10 Å². The summed E-state index contributed by atoms with van der Waals surface area (Å²) < 4.78 is 2.36. The number of aliphatic hydroxyl groups is 1. The molecule has 4 nitrogen and oxygen atoms in total. The van der Waals surface area contributed by atoms with Crippen molar-refractivity contribution >= 4 is 23.8 Å². The van der Waals surface area contributed by atoms with E-state index in [1.54, 1.807) is 0 Å². The Morgan fingerprint density at radius 1 is 1.47 bits per heavy atom. The lowest BCUT2D eigenvalue weighted by atomic mass is 10.3. The van der Waals surface area contributed by atoms with Gasteiger partial charge in [0.1, 0.15) is 5.82 Å². The van der Waals surface area contributed by atoms with E-state index in [0.717, 1.165) is 11.5 Å². The molecule has 0 fully saturated rings. The predicted octanol–water partition coefficient (Wildman–Crippen LogP) is 2.51. The van der Waals surface area contributed by atoms with Gasteiger partial charge in [0.15, 0.2) is 4.77 Å². The molecule has 0 saturated carbocycles. The van der Waals surface area contributed by atoms with Crippen molar-refractivity contribution in [1.29, 1.82) is 0 Å². The van der Waals surface area contributed by atoms with Crippen molar-refractivity contribution in [2.75, 3.05) is 6.61 Å². The third kappa shape index (κ3) is 2.74. The second-order valence-electron chi connectivity index (χ2n) is 3.59. The summed E-state index contributed by atoms with van der Waals surface area (Å²) in [6, 6.07) is 7.42. The Hall–Kier alpha value is -1.17. The minimum absolute atomic E-state index is 0.134. The molecular formula is C11H12ClN3OS. The first-order chi connectivity index (χ1) is 8.22. The summed E-state index contributed by atoms with van der Waals surface area (Å²) in [5.74, 6) is 0.798. The molecule has 2 rings (SSSR count). The van der Waals surface area contributed by atoms with Gasteiger partial charge < -0.3 is 5.11 Å².